The molecule has 0 aliphatic rings. The summed E-state index contributed by atoms with van der Waals surface area (Å²) < 4.78 is 22.2. The van der Waals surface area contributed by atoms with Gasteiger partial charge in [0.05, 0.1) is 26.1 Å². The highest BCUT2D eigenvalue weighted by atomic mass is 16.5. The molecule has 0 atom stereocenters. The van der Waals surface area contributed by atoms with Gasteiger partial charge >= 0.3 is 0 Å². The minimum absolute atomic E-state index is 0.216. The lowest BCUT2D eigenvalue weighted by Gasteiger charge is -2.13. The molecule has 0 fully saturated rings. The number of carbonyl (C=O) groups is 1. The lowest BCUT2D eigenvalue weighted by Crippen LogP contribution is -2.12. The molecule has 0 saturated carbocycles. The average Bonchev–Trinajstić information content (AvgIpc) is 3.27. The molecule has 0 spiro atoms. The van der Waals surface area contributed by atoms with E-state index in [-0.39, 0.29) is 5.91 Å². The van der Waals surface area contributed by atoms with Crippen LogP contribution in [0.4, 0.5) is 5.69 Å². The maximum absolute atomic E-state index is 12.7. The number of anilines is 1. The molecule has 3 rings (SSSR count). The van der Waals surface area contributed by atoms with E-state index in [4.69, 9.17) is 18.6 Å². The summed E-state index contributed by atoms with van der Waals surface area (Å²) >= 11 is 0. The monoisotopic (exact) mass is 409 g/mol. The van der Waals surface area contributed by atoms with Crippen LogP contribution >= 0.6 is 0 Å². The van der Waals surface area contributed by atoms with Gasteiger partial charge in [0, 0.05) is 11.3 Å². The predicted molar refractivity (Wildman–Crippen MR) is 115 cm³/mol. The van der Waals surface area contributed by atoms with Crippen LogP contribution in [0.15, 0.2) is 65.3 Å². The standard InChI is InChI=1S/C24H27NO5/c1-3-12-30-22-11-10-19(15-23(22)28-4-2)24(26)25-20-8-5-7-18(14-20)16-27-17-21-9-6-13-29-21/h5-11,13-15H,3-4,12,16-17H2,1-2H3,(H,25,26). The van der Waals surface area contributed by atoms with Crippen LogP contribution in [0.2, 0.25) is 0 Å². The molecule has 1 heterocycles. The van der Waals surface area contributed by atoms with E-state index >= 15 is 0 Å². The lowest BCUT2D eigenvalue weighted by atomic mass is 10.1. The van der Waals surface area contributed by atoms with Crippen molar-refractivity contribution in [3.05, 3.63) is 77.7 Å². The molecule has 0 aliphatic heterocycles. The first-order valence-corrected chi connectivity index (χ1v) is 10.1. The van der Waals surface area contributed by atoms with Gasteiger partial charge in [-0.1, -0.05) is 19.1 Å². The molecule has 30 heavy (non-hydrogen) atoms. The van der Waals surface area contributed by atoms with Crippen LogP contribution in [0.3, 0.4) is 0 Å². The molecule has 0 radical (unpaired) electrons. The van der Waals surface area contributed by atoms with Gasteiger partial charge in [-0.05, 0) is 61.4 Å². The van der Waals surface area contributed by atoms with Crippen LogP contribution in [0.5, 0.6) is 11.5 Å². The van der Waals surface area contributed by atoms with Crippen molar-refractivity contribution in [2.45, 2.75) is 33.5 Å². The van der Waals surface area contributed by atoms with Gasteiger partial charge < -0.3 is 23.9 Å². The van der Waals surface area contributed by atoms with Crippen LogP contribution < -0.4 is 14.8 Å². The minimum atomic E-state index is -0.216. The number of benzene rings is 2. The van der Waals surface area contributed by atoms with Gasteiger partial charge in [0.15, 0.2) is 11.5 Å². The maximum atomic E-state index is 12.7. The fraction of sp³-hybridized carbons (Fsp3) is 0.292. The number of carbonyl (C=O) groups excluding carboxylic acids is 1. The largest absolute Gasteiger partial charge is 0.490 e. The summed E-state index contributed by atoms with van der Waals surface area (Å²) in [5, 5.41) is 2.93. The third-order valence-corrected chi connectivity index (χ3v) is 4.25. The third kappa shape index (κ3) is 6.12. The molecule has 1 amide bonds. The third-order valence-electron chi connectivity index (χ3n) is 4.25. The Morgan fingerprint density at radius 1 is 0.967 bits per heavy atom. The number of hydrogen-bond donors (Lipinski definition) is 1. The summed E-state index contributed by atoms with van der Waals surface area (Å²) in [5.74, 6) is 1.77. The highest BCUT2D eigenvalue weighted by Crippen LogP contribution is 2.29. The van der Waals surface area contributed by atoms with Gasteiger partial charge in [0.25, 0.3) is 5.91 Å². The Hall–Kier alpha value is -3.25. The predicted octanol–water partition coefficient (Wildman–Crippen LogP) is 5.44. The Morgan fingerprint density at radius 3 is 2.63 bits per heavy atom. The molecule has 0 unspecified atom stereocenters. The van der Waals surface area contributed by atoms with Crippen LogP contribution in [-0.2, 0) is 18.0 Å². The molecule has 6 heteroatoms. The molecule has 6 nitrogen and oxygen atoms in total. The Kier molecular flexibility index (Phi) is 7.92. The summed E-state index contributed by atoms with van der Waals surface area (Å²) in [6.07, 6.45) is 2.52. The molecule has 0 bridgehead atoms. The second kappa shape index (κ2) is 11.1. The number of ether oxygens (including phenoxy) is 3. The topological polar surface area (TPSA) is 69.9 Å². The van der Waals surface area contributed by atoms with Crippen molar-refractivity contribution in [1.29, 1.82) is 0 Å². The van der Waals surface area contributed by atoms with E-state index < -0.39 is 0 Å². The van der Waals surface area contributed by atoms with Crippen molar-refractivity contribution < 1.29 is 23.4 Å². The Bertz CT molecular complexity index is 937. The zero-order valence-corrected chi connectivity index (χ0v) is 17.4. The molecular weight excluding hydrogens is 382 g/mol. The SMILES string of the molecule is CCCOc1ccc(C(=O)Nc2cccc(COCc3ccco3)c2)cc1OCC. The molecule has 0 saturated heterocycles. The first kappa shape index (κ1) is 21.5. The normalized spacial score (nSPS) is 10.6. The van der Waals surface area contributed by atoms with E-state index in [9.17, 15) is 4.79 Å². The first-order chi connectivity index (χ1) is 14.7. The number of rotatable bonds is 11. The van der Waals surface area contributed by atoms with E-state index in [0.29, 0.717) is 49.2 Å². The second-order valence-electron chi connectivity index (χ2n) is 6.67. The fourth-order valence-electron chi connectivity index (χ4n) is 2.86. The smallest absolute Gasteiger partial charge is 0.255 e. The van der Waals surface area contributed by atoms with Gasteiger partial charge in [-0.3, -0.25) is 4.79 Å². The van der Waals surface area contributed by atoms with Crippen LogP contribution in [0.25, 0.3) is 0 Å². The number of nitrogens with one attached hydrogen (secondary N) is 1. The number of furan rings is 1. The fourth-order valence-corrected chi connectivity index (χ4v) is 2.86. The highest BCUT2D eigenvalue weighted by molar-refractivity contribution is 6.04. The van der Waals surface area contributed by atoms with E-state index in [1.807, 2.05) is 50.2 Å². The molecule has 158 valence electrons. The van der Waals surface area contributed by atoms with Gasteiger partial charge in [-0.2, -0.15) is 0 Å². The molecule has 3 aromatic rings. The molecule has 2 aromatic carbocycles. The minimum Gasteiger partial charge on any atom is -0.490 e. The van der Waals surface area contributed by atoms with Gasteiger partial charge in [0.1, 0.15) is 12.4 Å². The highest BCUT2D eigenvalue weighted by Gasteiger charge is 2.12. The van der Waals surface area contributed by atoms with Crippen molar-refractivity contribution in [3.8, 4) is 11.5 Å². The van der Waals surface area contributed by atoms with E-state index in [1.165, 1.54) is 0 Å². The summed E-state index contributed by atoms with van der Waals surface area (Å²) in [5.41, 5.74) is 2.16. The van der Waals surface area contributed by atoms with Gasteiger partial charge in [-0.15, -0.1) is 0 Å². The van der Waals surface area contributed by atoms with E-state index in [1.54, 1.807) is 24.5 Å². The zero-order chi connectivity index (χ0) is 21.2. The van der Waals surface area contributed by atoms with Crippen LogP contribution in [-0.4, -0.2) is 19.1 Å². The average molecular weight is 409 g/mol. The second-order valence-corrected chi connectivity index (χ2v) is 6.67. The Labute approximate surface area is 176 Å². The van der Waals surface area contributed by atoms with E-state index in [0.717, 1.165) is 17.7 Å². The van der Waals surface area contributed by atoms with E-state index in [2.05, 4.69) is 5.32 Å². The van der Waals surface area contributed by atoms with Crippen molar-refractivity contribution in [3.63, 3.8) is 0 Å². The summed E-state index contributed by atoms with van der Waals surface area (Å²) in [7, 11) is 0. The van der Waals surface area contributed by atoms with Gasteiger partial charge in [-0.25, -0.2) is 0 Å². The Morgan fingerprint density at radius 2 is 1.87 bits per heavy atom. The van der Waals surface area contributed by atoms with Crippen molar-refractivity contribution in [1.82, 2.24) is 0 Å². The van der Waals surface area contributed by atoms with Crippen LogP contribution in [0.1, 0.15) is 41.9 Å². The van der Waals surface area contributed by atoms with Crippen LogP contribution in [0, 0.1) is 0 Å². The zero-order valence-electron chi connectivity index (χ0n) is 17.4. The first-order valence-electron chi connectivity index (χ1n) is 10.1. The molecular formula is C24H27NO5. The summed E-state index contributed by atoms with van der Waals surface area (Å²) in [6.45, 7) is 5.85. The summed E-state index contributed by atoms with van der Waals surface area (Å²) in [4.78, 5) is 12.7. The number of hydrogen-bond acceptors (Lipinski definition) is 5. The number of amides is 1. The van der Waals surface area contributed by atoms with Crippen molar-refractivity contribution in [2.24, 2.45) is 0 Å². The lowest BCUT2D eigenvalue weighted by molar-refractivity contribution is 0.0929. The molecule has 0 aliphatic carbocycles. The Balaban J connectivity index is 1.62. The quantitative estimate of drug-likeness (QED) is 0.457. The maximum Gasteiger partial charge on any atom is 0.255 e. The molecule has 1 aromatic heterocycles. The van der Waals surface area contributed by atoms with Crippen molar-refractivity contribution in [2.75, 3.05) is 18.5 Å². The van der Waals surface area contributed by atoms with Gasteiger partial charge in [0.2, 0.25) is 0 Å². The molecule has 1 N–H and O–H groups in total. The van der Waals surface area contributed by atoms with Crippen molar-refractivity contribution >= 4 is 11.6 Å². The summed E-state index contributed by atoms with van der Waals surface area (Å²) in [6, 6.07) is 16.5.